The van der Waals surface area contributed by atoms with Crippen molar-refractivity contribution < 1.29 is 13.9 Å². The molecule has 0 aliphatic carbocycles. The van der Waals surface area contributed by atoms with Crippen molar-refractivity contribution >= 4 is 12.0 Å². The van der Waals surface area contributed by atoms with E-state index in [-0.39, 0.29) is 17.5 Å². The highest BCUT2D eigenvalue weighted by molar-refractivity contribution is 5.77. The zero-order chi connectivity index (χ0) is 13.3. The first kappa shape index (κ1) is 13.0. The van der Waals surface area contributed by atoms with Crippen molar-refractivity contribution in [2.75, 3.05) is 18.0 Å². The number of hydrogen-bond acceptors (Lipinski definition) is 3. The number of anilines is 1. The molecule has 4 heteroatoms. The van der Waals surface area contributed by atoms with Gasteiger partial charge in [-0.1, -0.05) is 0 Å². The van der Waals surface area contributed by atoms with E-state index in [2.05, 4.69) is 4.90 Å². The van der Waals surface area contributed by atoms with Gasteiger partial charge in [0.1, 0.15) is 12.1 Å². The number of benzene rings is 1. The number of hydrogen-bond donors (Lipinski definition) is 0. The Hall–Kier alpha value is -1.42. The largest absolute Gasteiger partial charge is 0.369 e. The lowest BCUT2D eigenvalue weighted by molar-refractivity contribution is -0.0749. The molecule has 0 amide bonds. The molecule has 0 spiro atoms. The van der Waals surface area contributed by atoms with Crippen LogP contribution in [-0.4, -0.2) is 31.1 Å². The van der Waals surface area contributed by atoms with Gasteiger partial charge >= 0.3 is 0 Å². The van der Waals surface area contributed by atoms with E-state index in [4.69, 9.17) is 4.74 Å². The molecule has 1 aromatic carbocycles. The molecule has 1 unspecified atom stereocenters. The minimum absolute atomic E-state index is 0.0803. The second kappa shape index (κ2) is 4.69. The highest BCUT2D eigenvalue weighted by Gasteiger charge is 2.31. The second-order valence-electron chi connectivity index (χ2n) is 5.43. The second-order valence-corrected chi connectivity index (χ2v) is 5.43. The Balaban J connectivity index is 2.30. The topological polar surface area (TPSA) is 29.5 Å². The molecular weight excluding hydrogens is 233 g/mol. The first-order valence-electron chi connectivity index (χ1n) is 6.08. The fourth-order valence-corrected chi connectivity index (χ4v) is 2.50. The van der Waals surface area contributed by atoms with Gasteiger partial charge in [-0.25, -0.2) is 4.39 Å². The van der Waals surface area contributed by atoms with Crippen LogP contribution in [0.25, 0.3) is 0 Å². The summed E-state index contributed by atoms with van der Waals surface area (Å²) >= 11 is 0. The third kappa shape index (κ3) is 2.88. The molecule has 0 radical (unpaired) electrons. The predicted octanol–water partition coefficient (Wildman–Crippen LogP) is 2.64. The zero-order valence-electron chi connectivity index (χ0n) is 10.9. The summed E-state index contributed by atoms with van der Waals surface area (Å²) in [6, 6.07) is 4.41. The van der Waals surface area contributed by atoms with Crippen LogP contribution in [0.5, 0.6) is 0 Å². The molecule has 3 nitrogen and oxygen atoms in total. The number of rotatable bonds is 2. The Morgan fingerprint density at radius 2 is 2.17 bits per heavy atom. The Morgan fingerprint density at radius 3 is 2.78 bits per heavy atom. The molecule has 18 heavy (non-hydrogen) atoms. The van der Waals surface area contributed by atoms with Crippen LogP contribution >= 0.6 is 0 Å². The summed E-state index contributed by atoms with van der Waals surface area (Å²) in [6.07, 6.45) is 0.749. The quantitative estimate of drug-likeness (QED) is 0.757. The number of carbonyl (C=O) groups is 1. The number of carbonyl (C=O) groups excluding carboxylic acids is 1. The van der Waals surface area contributed by atoms with Crippen LogP contribution in [-0.2, 0) is 4.74 Å². The number of nitrogens with zero attached hydrogens (tertiary/aromatic N) is 1. The number of aldehydes is 1. The molecule has 98 valence electrons. The molecule has 1 aliphatic heterocycles. The van der Waals surface area contributed by atoms with Crippen LogP contribution in [0.1, 0.15) is 31.1 Å². The Kier molecular flexibility index (Phi) is 3.39. The van der Waals surface area contributed by atoms with Crippen molar-refractivity contribution in [3.05, 3.63) is 29.6 Å². The fraction of sp³-hybridized carbons (Fsp3) is 0.500. The van der Waals surface area contributed by atoms with E-state index in [1.54, 1.807) is 6.07 Å². The van der Waals surface area contributed by atoms with E-state index in [9.17, 15) is 9.18 Å². The highest BCUT2D eigenvalue weighted by atomic mass is 19.1. The summed E-state index contributed by atoms with van der Waals surface area (Å²) in [5, 5.41) is 0. The van der Waals surface area contributed by atoms with Crippen LogP contribution in [0.4, 0.5) is 10.1 Å². The maximum atomic E-state index is 13.4. The minimum Gasteiger partial charge on any atom is -0.369 e. The average Bonchev–Trinajstić information content (AvgIpc) is 2.25. The summed E-state index contributed by atoms with van der Waals surface area (Å²) in [5.74, 6) is -0.383. The van der Waals surface area contributed by atoms with Gasteiger partial charge in [-0.2, -0.15) is 0 Å². The SMILES string of the molecule is CC1CN(c2cc(F)cc(C=O)c2)CC(C)(C)O1. The monoisotopic (exact) mass is 251 g/mol. The van der Waals surface area contributed by atoms with Gasteiger partial charge in [0.2, 0.25) is 0 Å². The molecular formula is C14H18FNO2. The first-order valence-corrected chi connectivity index (χ1v) is 6.08. The maximum Gasteiger partial charge on any atom is 0.150 e. The van der Waals surface area contributed by atoms with Crippen LogP contribution < -0.4 is 4.90 Å². The van der Waals surface area contributed by atoms with E-state index in [0.29, 0.717) is 24.9 Å². The van der Waals surface area contributed by atoms with Gasteiger partial charge in [0.15, 0.2) is 0 Å². The third-order valence-corrected chi connectivity index (χ3v) is 2.98. The van der Waals surface area contributed by atoms with Gasteiger partial charge in [0.05, 0.1) is 11.7 Å². The molecule has 1 fully saturated rings. The van der Waals surface area contributed by atoms with Crippen LogP contribution in [0.15, 0.2) is 18.2 Å². The summed E-state index contributed by atoms with van der Waals surface area (Å²) in [6.45, 7) is 7.39. The van der Waals surface area contributed by atoms with Crippen molar-refractivity contribution in [1.29, 1.82) is 0 Å². The Bertz CT molecular complexity index is 459. The molecule has 0 N–H and O–H groups in total. The Morgan fingerprint density at radius 1 is 1.44 bits per heavy atom. The summed E-state index contributed by atoms with van der Waals surface area (Å²) in [5.41, 5.74) is 0.827. The summed E-state index contributed by atoms with van der Waals surface area (Å²) < 4.78 is 19.2. The van der Waals surface area contributed by atoms with Crippen LogP contribution in [0, 0.1) is 5.82 Å². The molecule has 1 aliphatic rings. The number of halogens is 1. The minimum atomic E-state index is -0.383. The zero-order valence-corrected chi connectivity index (χ0v) is 10.9. The lowest BCUT2D eigenvalue weighted by Crippen LogP contribution is -2.52. The highest BCUT2D eigenvalue weighted by Crippen LogP contribution is 2.27. The van der Waals surface area contributed by atoms with Crippen molar-refractivity contribution in [1.82, 2.24) is 0 Å². The normalized spacial score (nSPS) is 22.9. The van der Waals surface area contributed by atoms with E-state index < -0.39 is 0 Å². The van der Waals surface area contributed by atoms with E-state index >= 15 is 0 Å². The van der Waals surface area contributed by atoms with Crippen LogP contribution in [0.2, 0.25) is 0 Å². The van der Waals surface area contributed by atoms with Crippen molar-refractivity contribution in [3.63, 3.8) is 0 Å². The molecule has 1 aromatic rings. The molecule has 1 atom stereocenters. The van der Waals surface area contributed by atoms with Gasteiger partial charge < -0.3 is 9.64 Å². The van der Waals surface area contributed by atoms with Gasteiger partial charge in [-0.3, -0.25) is 4.79 Å². The van der Waals surface area contributed by atoms with E-state index in [0.717, 1.165) is 5.69 Å². The Labute approximate surface area is 107 Å². The van der Waals surface area contributed by atoms with Gasteiger partial charge in [0.25, 0.3) is 0 Å². The standard InChI is InChI=1S/C14H18FNO2/c1-10-7-16(9-14(2,3)18-10)13-5-11(8-17)4-12(15)6-13/h4-6,8,10H,7,9H2,1-3H3. The summed E-state index contributed by atoms with van der Waals surface area (Å²) in [7, 11) is 0. The molecule has 0 saturated carbocycles. The van der Waals surface area contributed by atoms with Crippen LogP contribution in [0.3, 0.4) is 0 Å². The smallest absolute Gasteiger partial charge is 0.150 e. The summed E-state index contributed by atoms with van der Waals surface area (Å²) in [4.78, 5) is 12.8. The lowest BCUT2D eigenvalue weighted by Gasteiger charge is -2.43. The molecule has 0 aromatic heterocycles. The maximum absolute atomic E-state index is 13.4. The number of ether oxygens (including phenoxy) is 1. The lowest BCUT2D eigenvalue weighted by atomic mass is 10.0. The number of morpholine rings is 1. The van der Waals surface area contributed by atoms with Crippen molar-refractivity contribution in [2.24, 2.45) is 0 Å². The average molecular weight is 251 g/mol. The van der Waals surface area contributed by atoms with Crippen molar-refractivity contribution in [3.8, 4) is 0 Å². The van der Waals surface area contributed by atoms with Gasteiger partial charge in [0, 0.05) is 24.3 Å². The predicted molar refractivity (Wildman–Crippen MR) is 68.6 cm³/mol. The van der Waals surface area contributed by atoms with Crippen molar-refractivity contribution in [2.45, 2.75) is 32.5 Å². The van der Waals surface area contributed by atoms with E-state index in [1.807, 2.05) is 20.8 Å². The van der Waals surface area contributed by atoms with Gasteiger partial charge in [-0.05, 0) is 39.0 Å². The molecule has 2 rings (SSSR count). The first-order chi connectivity index (χ1) is 8.39. The molecule has 0 bridgehead atoms. The fourth-order valence-electron chi connectivity index (χ4n) is 2.50. The molecule has 1 heterocycles. The van der Waals surface area contributed by atoms with Gasteiger partial charge in [-0.15, -0.1) is 0 Å². The molecule has 1 saturated heterocycles. The third-order valence-electron chi connectivity index (χ3n) is 2.98. The van der Waals surface area contributed by atoms with E-state index in [1.165, 1.54) is 12.1 Å².